The summed E-state index contributed by atoms with van der Waals surface area (Å²) in [6, 6.07) is 11.9. The van der Waals surface area contributed by atoms with Crippen molar-refractivity contribution in [3.8, 4) is 0 Å². The summed E-state index contributed by atoms with van der Waals surface area (Å²) in [4.78, 5) is 26.9. The molecule has 3 heterocycles. The van der Waals surface area contributed by atoms with Crippen molar-refractivity contribution in [2.24, 2.45) is 0 Å². The van der Waals surface area contributed by atoms with E-state index in [1.165, 1.54) is 21.0 Å². The van der Waals surface area contributed by atoms with Gasteiger partial charge in [-0.05, 0) is 55.9 Å². The Morgan fingerprint density at radius 3 is 2.56 bits per heavy atom. The molecule has 0 radical (unpaired) electrons. The third kappa shape index (κ3) is 3.60. The van der Waals surface area contributed by atoms with Gasteiger partial charge in [-0.15, -0.1) is 0 Å². The SMILES string of the molecule is O=C(Cn1c(=O)oc2cc(S(=O)(=O)N3CCCc4ccccc43)ccc21)N1CCCCC1. The predicted molar refractivity (Wildman–Crippen MR) is 120 cm³/mol. The van der Waals surface area contributed by atoms with Gasteiger partial charge in [-0.1, -0.05) is 18.2 Å². The Morgan fingerprint density at radius 2 is 1.75 bits per heavy atom. The highest BCUT2D eigenvalue weighted by Gasteiger charge is 2.30. The molecule has 8 nitrogen and oxygen atoms in total. The minimum absolute atomic E-state index is 0.0601. The molecule has 0 N–H and O–H groups in total. The minimum atomic E-state index is -3.82. The van der Waals surface area contributed by atoms with Gasteiger partial charge in [0.15, 0.2) is 5.58 Å². The quantitative estimate of drug-likeness (QED) is 0.603. The van der Waals surface area contributed by atoms with Crippen molar-refractivity contribution in [2.75, 3.05) is 23.9 Å². The topological polar surface area (TPSA) is 92.8 Å². The molecule has 168 valence electrons. The zero-order valence-electron chi connectivity index (χ0n) is 17.7. The van der Waals surface area contributed by atoms with Crippen molar-refractivity contribution >= 4 is 32.7 Å². The maximum atomic E-state index is 13.4. The number of carbonyl (C=O) groups is 1. The van der Waals surface area contributed by atoms with Gasteiger partial charge in [-0.3, -0.25) is 13.7 Å². The van der Waals surface area contributed by atoms with Crippen LogP contribution in [0.4, 0.5) is 5.69 Å². The Balaban J connectivity index is 1.47. The van der Waals surface area contributed by atoms with Crippen LogP contribution in [0.5, 0.6) is 0 Å². The third-order valence-corrected chi connectivity index (χ3v) is 8.11. The fourth-order valence-electron chi connectivity index (χ4n) is 4.61. The molecule has 0 aliphatic carbocycles. The largest absolute Gasteiger partial charge is 0.420 e. The average molecular weight is 456 g/mol. The van der Waals surface area contributed by atoms with E-state index in [4.69, 9.17) is 4.42 Å². The van der Waals surface area contributed by atoms with Crippen LogP contribution in [-0.4, -0.2) is 43.4 Å². The molecular formula is C23H25N3O5S. The molecule has 2 aromatic carbocycles. The number of piperidine rings is 1. The van der Waals surface area contributed by atoms with Crippen molar-refractivity contribution in [1.29, 1.82) is 0 Å². The van der Waals surface area contributed by atoms with E-state index in [0.717, 1.165) is 37.7 Å². The first-order valence-electron chi connectivity index (χ1n) is 11.0. The van der Waals surface area contributed by atoms with Gasteiger partial charge in [0.2, 0.25) is 5.91 Å². The number of carbonyl (C=O) groups excluding carboxylic acids is 1. The highest BCUT2D eigenvalue weighted by molar-refractivity contribution is 7.92. The fraction of sp³-hybridized carbons (Fsp3) is 0.391. The summed E-state index contributed by atoms with van der Waals surface area (Å²) in [6.07, 6.45) is 4.62. The number of fused-ring (bicyclic) bond motifs is 2. The summed E-state index contributed by atoms with van der Waals surface area (Å²) in [5.74, 6) is -0.792. The van der Waals surface area contributed by atoms with Crippen LogP contribution in [0.1, 0.15) is 31.2 Å². The van der Waals surface area contributed by atoms with Crippen LogP contribution in [0, 0.1) is 0 Å². The maximum Gasteiger partial charge on any atom is 0.420 e. The molecule has 9 heteroatoms. The number of hydrogen-bond acceptors (Lipinski definition) is 5. The summed E-state index contributed by atoms with van der Waals surface area (Å²) < 4.78 is 34.8. The summed E-state index contributed by atoms with van der Waals surface area (Å²) in [5.41, 5.74) is 2.26. The van der Waals surface area contributed by atoms with Crippen molar-refractivity contribution < 1.29 is 17.6 Å². The normalized spacial score (nSPS) is 16.9. The van der Waals surface area contributed by atoms with E-state index in [0.29, 0.717) is 30.8 Å². The standard InChI is InChI=1S/C23H25N3O5S/c27-22(24-12-4-1-5-13-24)16-25-20-11-10-18(15-21(20)31-23(25)28)32(29,30)26-14-6-8-17-7-2-3-9-19(17)26/h2-3,7,9-11,15H,1,4-6,8,12-14,16H2. The minimum Gasteiger partial charge on any atom is -0.408 e. The summed E-state index contributed by atoms with van der Waals surface area (Å²) in [7, 11) is -3.82. The Hall–Kier alpha value is -3.07. The van der Waals surface area contributed by atoms with E-state index in [9.17, 15) is 18.0 Å². The van der Waals surface area contributed by atoms with E-state index in [1.54, 1.807) is 11.0 Å². The van der Waals surface area contributed by atoms with Gasteiger partial charge in [0, 0.05) is 25.7 Å². The molecule has 32 heavy (non-hydrogen) atoms. The Labute approximate surface area is 186 Å². The van der Waals surface area contributed by atoms with Crippen molar-refractivity contribution in [2.45, 2.75) is 43.5 Å². The molecular weight excluding hydrogens is 430 g/mol. The summed E-state index contributed by atoms with van der Waals surface area (Å²) >= 11 is 0. The smallest absolute Gasteiger partial charge is 0.408 e. The van der Waals surface area contributed by atoms with Gasteiger partial charge in [0.05, 0.1) is 16.1 Å². The van der Waals surface area contributed by atoms with E-state index < -0.39 is 15.8 Å². The van der Waals surface area contributed by atoms with Gasteiger partial charge in [-0.2, -0.15) is 0 Å². The van der Waals surface area contributed by atoms with Crippen LogP contribution in [0.3, 0.4) is 0 Å². The molecule has 0 atom stereocenters. The van der Waals surface area contributed by atoms with Crippen LogP contribution in [0.2, 0.25) is 0 Å². The zero-order chi connectivity index (χ0) is 22.3. The number of hydrogen-bond donors (Lipinski definition) is 0. The molecule has 5 rings (SSSR count). The second-order valence-electron chi connectivity index (χ2n) is 8.33. The number of aryl methyl sites for hydroxylation is 1. The van der Waals surface area contributed by atoms with Gasteiger partial charge in [0.1, 0.15) is 6.54 Å². The van der Waals surface area contributed by atoms with Crippen molar-refractivity contribution in [3.05, 3.63) is 58.6 Å². The highest BCUT2D eigenvalue weighted by atomic mass is 32.2. The second-order valence-corrected chi connectivity index (χ2v) is 10.2. The number of likely N-dealkylation sites (tertiary alicyclic amines) is 1. The van der Waals surface area contributed by atoms with E-state index in [1.807, 2.05) is 24.3 Å². The molecule has 1 amide bonds. The van der Waals surface area contributed by atoms with Gasteiger partial charge < -0.3 is 9.32 Å². The number of oxazole rings is 1. The van der Waals surface area contributed by atoms with Crippen molar-refractivity contribution in [1.82, 2.24) is 9.47 Å². The highest BCUT2D eigenvalue weighted by Crippen LogP contribution is 2.32. The number of aromatic nitrogens is 1. The van der Waals surface area contributed by atoms with E-state index >= 15 is 0 Å². The molecule has 2 aliphatic rings. The molecule has 2 aliphatic heterocycles. The summed E-state index contributed by atoms with van der Waals surface area (Å²) in [5, 5.41) is 0. The Kier molecular flexibility index (Phi) is 5.28. The third-order valence-electron chi connectivity index (χ3n) is 6.30. The molecule has 0 unspecified atom stereocenters. The maximum absolute atomic E-state index is 13.4. The molecule has 1 fully saturated rings. The Bertz CT molecular complexity index is 1340. The van der Waals surface area contributed by atoms with Gasteiger partial charge in [-0.25, -0.2) is 13.2 Å². The van der Waals surface area contributed by atoms with Crippen LogP contribution >= 0.6 is 0 Å². The van der Waals surface area contributed by atoms with Gasteiger partial charge in [0.25, 0.3) is 10.0 Å². The fourth-order valence-corrected chi connectivity index (χ4v) is 6.17. The number of sulfonamides is 1. The first kappa shape index (κ1) is 20.8. The second kappa shape index (κ2) is 8.12. The molecule has 3 aromatic rings. The van der Waals surface area contributed by atoms with Crippen LogP contribution < -0.4 is 10.1 Å². The number of benzene rings is 2. The first-order chi connectivity index (χ1) is 15.4. The molecule has 0 saturated carbocycles. The molecule has 0 spiro atoms. The Morgan fingerprint density at radius 1 is 0.969 bits per heavy atom. The molecule has 1 aromatic heterocycles. The summed E-state index contributed by atoms with van der Waals surface area (Å²) in [6.45, 7) is 1.68. The zero-order valence-corrected chi connectivity index (χ0v) is 18.5. The predicted octanol–water partition coefficient (Wildman–Crippen LogP) is 2.75. The molecule has 1 saturated heterocycles. The van der Waals surface area contributed by atoms with Crippen LogP contribution in [-0.2, 0) is 27.8 Å². The first-order valence-corrected chi connectivity index (χ1v) is 12.4. The lowest BCUT2D eigenvalue weighted by atomic mass is 10.0. The number of anilines is 1. The number of rotatable bonds is 4. The average Bonchev–Trinajstić information content (AvgIpc) is 3.13. The van der Waals surface area contributed by atoms with Crippen molar-refractivity contribution in [3.63, 3.8) is 0 Å². The number of nitrogens with zero attached hydrogens (tertiary/aromatic N) is 3. The van der Waals surface area contributed by atoms with Gasteiger partial charge >= 0.3 is 5.76 Å². The van der Waals surface area contributed by atoms with Crippen LogP contribution in [0.25, 0.3) is 11.1 Å². The van der Waals surface area contributed by atoms with Crippen LogP contribution in [0.15, 0.2) is 56.6 Å². The lowest BCUT2D eigenvalue weighted by Gasteiger charge is -2.30. The van der Waals surface area contributed by atoms with E-state index in [2.05, 4.69) is 0 Å². The number of amides is 1. The lowest BCUT2D eigenvalue weighted by molar-refractivity contribution is -0.132. The molecule has 0 bridgehead atoms. The number of para-hydroxylation sites is 1. The monoisotopic (exact) mass is 455 g/mol. The van der Waals surface area contributed by atoms with E-state index in [-0.39, 0.29) is 22.9 Å². The lowest BCUT2D eigenvalue weighted by Crippen LogP contribution is -2.39.